The Morgan fingerprint density at radius 3 is 2.26 bits per heavy atom. The van der Waals surface area contributed by atoms with Gasteiger partial charge in [0, 0.05) is 41.6 Å². The number of aliphatic hydroxyl groups is 1. The molecule has 2 amide bonds. The van der Waals surface area contributed by atoms with Crippen molar-refractivity contribution >= 4 is 17.5 Å². The number of anilines is 1. The zero-order valence-electron chi connectivity index (χ0n) is 26.0. The van der Waals surface area contributed by atoms with Crippen LogP contribution in [0.15, 0.2) is 66.9 Å². The molecule has 7 heteroatoms. The van der Waals surface area contributed by atoms with E-state index < -0.39 is 11.1 Å². The Hall–Kier alpha value is -3.55. The van der Waals surface area contributed by atoms with Crippen LogP contribution in [0.2, 0.25) is 0 Å². The maximum absolute atomic E-state index is 13.1. The standard InChI is InChI=1S/C36H46N4O3/c1-5-33(42)40(24(2)3)30-17-11-25(12-18-30)19-32(41)39-29-20-31(26-9-7-6-8-10-26)34(38-21-29)27-13-15-28(16-14-27)36(37)22-35(4,43)23-36/h6-10,13-16,20-21,24-25,30,43H,5,11-12,17-19,22-23,37H2,1-4H3,(H,39,41)/t25?,30?,35-,36-. The van der Waals surface area contributed by atoms with Gasteiger partial charge in [-0.3, -0.25) is 14.6 Å². The third kappa shape index (κ3) is 7.00. The molecular weight excluding hydrogens is 536 g/mol. The molecule has 0 saturated heterocycles. The van der Waals surface area contributed by atoms with Crippen molar-refractivity contribution in [2.24, 2.45) is 11.7 Å². The fourth-order valence-corrected chi connectivity index (χ4v) is 7.27. The van der Waals surface area contributed by atoms with E-state index in [0.717, 1.165) is 53.6 Å². The first-order valence-corrected chi connectivity index (χ1v) is 15.8. The SMILES string of the molecule is CCC(=O)N(C(C)C)C1CCC(CC(=O)Nc2cnc(-c3ccc([C@]4(N)C[C@](C)(O)C4)cc3)c(-c3ccccc3)c2)CC1. The van der Waals surface area contributed by atoms with Crippen molar-refractivity contribution in [3.8, 4) is 22.4 Å². The maximum atomic E-state index is 13.1. The number of aromatic nitrogens is 1. The quantitative estimate of drug-likeness (QED) is 0.262. The van der Waals surface area contributed by atoms with E-state index in [9.17, 15) is 14.7 Å². The van der Waals surface area contributed by atoms with E-state index in [0.29, 0.717) is 37.3 Å². The lowest BCUT2D eigenvalue weighted by atomic mass is 9.63. The second-order valence-corrected chi connectivity index (χ2v) is 13.2. The van der Waals surface area contributed by atoms with Crippen LogP contribution in [-0.4, -0.2) is 44.5 Å². The summed E-state index contributed by atoms with van der Waals surface area (Å²) in [5.74, 6) is 0.524. The number of nitrogens with one attached hydrogen (secondary N) is 1. The Balaban J connectivity index is 1.27. The molecule has 0 atom stereocenters. The minimum absolute atomic E-state index is 0.00339. The fraction of sp³-hybridized carbons (Fsp3) is 0.472. The van der Waals surface area contributed by atoms with Gasteiger partial charge in [0.05, 0.1) is 23.2 Å². The molecule has 7 nitrogen and oxygen atoms in total. The fourth-order valence-electron chi connectivity index (χ4n) is 7.27. The number of hydrogen-bond donors (Lipinski definition) is 3. The van der Waals surface area contributed by atoms with Gasteiger partial charge in [0.2, 0.25) is 11.8 Å². The predicted molar refractivity (Wildman–Crippen MR) is 172 cm³/mol. The van der Waals surface area contributed by atoms with Crippen molar-refractivity contribution < 1.29 is 14.7 Å². The van der Waals surface area contributed by atoms with E-state index in [-0.39, 0.29) is 23.9 Å². The molecule has 5 rings (SSSR count). The molecule has 0 aliphatic heterocycles. The van der Waals surface area contributed by atoms with E-state index in [1.165, 1.54) is 0 Å². The highest BCUT2D eigenvalue weighted by Gasteiger charge is 2.49. The summed E-state index contributed by atoms with van der Waals surface area (Å²) in [6.45, 7) is 7.92. The molecule has 2 aliphatic carbocycles. The number of rotatable bonds is 9. The van der Waals surface area contributed by atoms with Crippen LogP contribution in [-0.2, 0) is 15.1 Å². The van der Waals surface area contributed by atoms with Crippen LogP contribution in [0.25, 0.3) is 22.4 Å². The van der Waals surface area contributed by atoms with E-state index in [1.807, 2.05) is 79.4 Å². The lowest BCUT2D eigenvalue weighted by molar-refractivity contribution is -0.136. The molecule has 2 aromatic carbocycles. The molecule has 1 aromatic heterocycles. The Morgan fingerprint density at radius 1 is 1.02 bits per heavy atom. The zero-order chi connectivity index (χ0) is 30.8. The normalized spacial score (nSPS) is 25.2. The molecular formula is C36H46N4O3. The highest BCUT2D eigenvalue weighted by Crippen LogP contribution is 2.46. The van der Waals surface area contributed by atoms with Crippen LogP contribution in [0.3, 0.4) is 0 Å². The molecule has 4 N–H and O–H groups in total. The van der Waals surface area contributed by atoms with Crippen molar-refractivity contribution in [2.75, 3.05) is 5.32 Å². The number of amides is 2. The average molecular weight is 583 g/mol. The number of nitrogens with zero attached hydrogens (tertiary/aromatic N) is 2. The molecule has 0 unspecified atom stereocenters. The lowest BCUT2D eigenvalue weighted by Gasteiger charge is -2.49. The monoisotopic (exact) mass is 582 g/mol. The second-order valence-electron chi connectivity index (χ2n) is 13.2. The Labute approximate surface area is 255 Å². The number of carbonyl (C=O) groups excluding carboxylic acids is 2. The van der Waals surface area contributed by atoms with Crippen molar-refractivity contribution in [2.45, 2.75) is 102 Å². The van der Waals surface area contributed by atoms with Crippen molar-refractivity contribution in [3.63, 3.8) is 0 Å². The summed E-state index contributed by atoms with van der Waals surface area (Å²) in [4.78, 5) is 32.5. The van der Waals surface area contributed by atoms with Gasteiger partial charge < -0.3 is 21.1 Å². The lowest BCUT2D eigenvalue weighted by Crippen LogP contribution is -2.58. The zero-order valence-corrected chi connectivity index (χ0v) is 26.0. The molecule has 43 heavy (non-hydrogen) atoms. The van der Waals surface area contributed by atoms with Gasteiger partial charge in [-0.05, 0) is 82.4 Å². The summed E-state index contributed by atoms with van der Waals surface area (Å²) in [5, 5.41) is 13.3. The Kier molecular flexibility index (Phi) is 9.04. The van der Waals surface area contributed by atoms with Gasteiger partial charge in [-0.25, -0.2) is 0 Å². The number of pyridine rings is 1. The molecule has 3 aromatic rings. The molecule has 1 heterocycles. The van der Waals surface area contributed by atoms with E-state index >= 15 is 0 Å². The van der Waals surface area contributed by atoms with Crippen LogP contribution in [0.5, 0.6) is 0 Å². The molecule has 0 spiro atoms. The molecule has 0 bridgehead atoms. The molecule has 0 radical (unpaired) electrons. The van der Waals surface area contributed by atoms with Crippen molar-refractivity contribution in [1.82, 2.24) is 9.88 Å². The van der Waals surface area contributed by atoms with Crippen LogP contribution < -0.4 is 11.1 Å². The highest BCUT2D eigenvalue weighted by atomic mass is 16.3. The van der Waals surface area contributed by atoms with Gasteiger partial charge in [-0.1, -0.05) is 61.5 Å². The molecule has 2 fully saturated rings. The minimum atomic E-state index is -0.709. The summed E-state index contributed by atoms with van der Waals surface area (Å²) in [6, 6.07) is 20.7. The third-order valence-electron chi connectivity index (χ3n) is 9.21. The van der Waals surface area contributed by atoms with E-state index in [2.05, 4.69) is 19.2 Å². The topological polar surface area (TPSA) is 109 Å². The van der Waals surface area contributed by atoms with Crippen molar-refractivity contribution in [1.29, 1.82) is 0 Å². The summed E-state index contributed by atoms with van der Waals surface area (Å²) >= 11 is 0. The smallest absolute Gasteiger partial charge is 0.224 e. The summed E-state index contributed by atoms with van der Waals surface area (Å²) in [7, 11) is 0. The van der Waals surface area contributed by atoms with Crippen LogP contribution in [0, 0.1) is 5.92 Å². The van der Waals surface area contributed by atoms with Gasteiger partial charge >= 0.3 is 0 Å². The summed E-state index contributed by atoms with van der Waals surface area (Å²) in [5.41, 5.74) is 10.8. The number of hydrogen-bond acceptors (Lipinski definition) is 5. The second kappa shape index (κ2) is 12.6. The van der Waals surface area contributed by atoms with E-state index in [4.69, 9.17) is 10.7 Å². The molecule has 2 saturated carbocycles. The van der Waals surface area contributed by atoms with Crippen LogP contribution in [0.1, 0.15) is 84.6 Å². The van der Waals surface area contributed by atoms with Gasteiger partial charge in [-0.2, -0.15) is 0 Å². The molecule has 228 valence electrons. The van der Waals surface area contributed by atoms with Gasteiger partial charge in [0.15, 0.2) is 0 Å². The van der Waals surface area contributed by atoms with Crippen LogP contribution >= 0.6 is 0 Å². The van der Waals surface area contributed by atoms with Crippen LogP contribution in [0.4, 0.5) is 5.69 Å². The summed E-state index contributed by atoms with van der Waals surface area (Å²) in [6.07, 6.45) is 7.59. The van der Waals surface area contributed by atoms with E-state index in [1.54, 1.807) is 6.20 Å². The number of benzene rings is 2. The predicted octanol–water partition coefficient (Wildman–Crippen LogP) is 6.65. The maximum Gasteiger partial charge on any atom is 0.224 e. The van der Waals surface area contributed by atoms with Gasteiger partial charge in [-0.15, -0.1) is 0 Å². The Morgan fingerprint density at radius 2 is 1.67 bits per heavy atom. The highest BCUT2D eigenvalue weighted by molar-refractivity contribution is 5.93. The summed E-state index contributed by atoms with van der Waals surface area (Å²) < 4.78 is 0. The first kappa shape index (κ1) is 30.9. The van der Waals surface area contributed by atoms with Crippen molar-refractivity contribution in [3.05, 3.63) is 72.4 Å². The first-order chi connectivity index (χ1) is 20.5. The average Bonchev–Trinajstić information content (AvgIpc) is 2.97. The number of nitrogens with two attached hydrogens (primary N) is 1. The Bertz CT molecular complexity index is 1420. The third-order valence-corrected chi connectivity index (χ3v) is 9.21. The largest absolute Gasteiger partial charge is 0.390 e. The molecule has 2 aliphatic rings. The number of carbonyl (C=O) groups is 2. The first-order valence-electron chi connectivity index (χ1n) is 15.8. The van der Waals surface area contributed by atoms with Gasteiger partial charge in [0.1, 0.15) is 0 Å². The minimum Gasteiger partial charge on any atom is -0.390 e. The van der Waals surface area contributed by atoms with Gasteiger partial charge in [0.25, 0.3) is 0 Å².